The fourth-order valence-electron chi connectivity index (χ4n) is 2.44. The van der Waals surface area contributed by atoms with Crippen molar-refractivity contribution in [2.45, 2.75) is 6.42 Å². The zero-order valence-corrected chi connectivity index (χ0v) is 11.5. The minimum atomic E-state index is -0.363. The molecule has 19 heavy (non-hydrogen) atoms. The number of methoxy groups -OCH3 is 1. The summed E-state index contributed by atoms with van der Waals surface area (Å²) in [5.41, 5.74) is 7.56. The van der Waals surface area contributed by atoms with Gasteiger partial charge in [0.15, 0.2) is 0 Å². The van der Waals surface area contributed by atoms with E-state index in [0.717, 1.165) is 25.3 Å². The summed E-state index contributed by atoms with van der Waals surface area (Å²) in [6.45, 7) is 3.09. The van der Waals surface area contributed by atoms with E-state index in [1.165, 1.54) is 13.5 Å². The first-order valence-electron chi connectivity index (χ1n) is 6.50. The maximum Gasteiger partial charge on any atom is 0.340 e. The second kappa shape index (κ2) is 5.93. The summed E-state index contributed by atoms with van der Waals surface area (Å²) in [7, 11) is 3.50. The Kier molecular flexibility index (Phi) is 4.27. The number of hydrogen-bond acceptors (Lipinski definition) is 5. The molecule has 1 atom stereocenters. The van der Waals surface area contributed by atoms with E-state index in [2.05, 4.69) is 17.3 Å². The average molecular weight is 263 g/mol. The van der Waals surface area contributed by atoms with Crippen molar-refractivity contribution in [3.8, 4) is 0 Å². The van der Waals surface area contributed by atoms with Gasteiger partial charge in [-0.25, -0.2) is 4.79 Å². The molecule has 1 aliphatic rings. The fraction of sp³-hybridized carbons (Fsp3) is 0.500. The van der Waals surface area contributed by atoms with Crippen molar-refractivity contribution in [1.82, 2.24) is 4.90 Å². The predicted octanol–water partition coefficient (Wildman–Crippen LogP) is 1.42. The van der Waals surface area contributed by atoms with Crippen LogP contribution in [0.3, 0.4) is 0 Å². The molecule has 0 aliphatic carbocycles. The van der Waals surface area contributed by atoms with Crippen molar-refractivity contribution < 1.29 is 9.53 Å². The van der Waals surface area contributed by atoms with Crippen LogP contribution in [-0.4, -0.2) is 44.7 Å². The predicted molar refractivity (Wildman–Crippen MR) is 76.3 cm³/mol. The molecule has 0 aromatic heterocycles. The first-order chi connectivity index (χ1) is 9.10. The smallest absolute Gasteiger partial charge is 0.340 e. The van der Waals surface area contributed by atoms with E-state index >= 15 is 0 Å². The Hall–Kier alpha value is -1.75. The fourth-order valence-corrected chi connectivity index (χ4v) is 2.44. The van der Waals surface area contributed by atoms with Crippen molar-refractivity contribution in [3.63, 3.8) is 0 Å². The largest absolute Gasteiger partial charge is 0.465 e. The minimum Gasteiger partial charge on any atom is -0.465 e. The van der Waals surface area contributed by atoms with Gasteiger partial charge < -0.3 is 20.7 Å². The van der Waals surface area contributed by atoms with E-state index in [4.69, 9.17) is 10.5 Å². The third-order valence-electron chi connectivity index (χ3n) is 3.52. The van der Waals surface area contributed by atoms with Gasteiger partial charge in [0.05, 0.1) is 12.7 Å². The number of nitrogens with zero attached hydrogens (tertiary/aromatic N) is 1. The summed E-state index contributed by atoms with van der Waals surface area (Å²) in [6.07, 6.45) is 1.19. The maximum atomic E-state index is 11.7. The number of carbonyl (C=O) groups is 1. The second-order valence-electron chi connectivity index (χ2n) is 5.09. The molecule has 1 fully saturated rings. The standard InChI is InChI=1S/C14H21N3O2/c1-17-6-5-10(9-17)8-16-13-4-3-11(15)7-12(13)14(18)19-2/h3-4,7,10,16H,5-6,8-9,15H2,1-2H3. The quantitative estimate of drug-likeness (QED) is 0.635. The van der Waals surface area contributed by atoms with Gasteiger partial charge in [-0.05, 0) is 44.1 Å². The highest BCUT2D eigenvalue weighted by Crippen LogP contribution is 2.22. The SMILES string of the molecule is COC(=O)c1cc(N)ccc1NCC1CCN(C)C1. The molecule has 1 saturated heterocycles. The Morgan fingerprint density at radius 3 is 3.00 bits per heavy atom. The molecule has 1 heterocycles. The van der Waals surface area contributed by atoms with Crippen molar-refractivity contribution in [2.24, 2.45) is 5.92 Å². The molecule has 0 saturated carbocycles. The molecule has 1 aromatic carbocycles. The van der Waals surface area contributed by atoms with Gasteiger partial charge in [-0.3, -0.25) is 0 Å². The van der Waals surface area contributed by atoms with Crippen molar-refractivity contribution in [1.29, 1.82) is 0 Å². The Morgan fingerprint density at radius 1 is 1.58 bits per heavy atom. The van der Waals surface area contributed by atoms with Gasteiger partial charge in [-0.15, -0.1) is 0 Å². The van der Waals surface area contributed by atoms with Crippen molar-refractivity contribution in [3.05, 3.63) is 23.8 Å². The highest BCUT2D eigenvalue weighted by molar-refractivity contribution is 5.96. The van der Waals surface area contributed by atoms with E-state index in [-0.39, 0.29) is 5.97 Å². The molecule has 0 spiro atoms. The third-order valence-corrected chi connectivity index (χ3v) is 3.52. The Balaban J connectivity index is 2.05. The molecule has 1 aromatic rings. The highest BCUT2D eigenvalue weighted by Gasteiger charge is 2.20. The lowest BCUT2D eigenvalue weighted by atomic mass is 10.1. The van der Waals surface area contributed by atoms with Gasteiger partial charge >= 0.3 is 5.97 Å². The molecule has 0 radical (unpaired) electrons. The van der Waals surface area contributed by atoms with Crippen LogP contribution in [0.1, 0.15) is 16.8 Å². The average Bonchev–Trinajstić information content (AvgIpc) is 2.82. The summed E-state index contributed by atoms with van der Waals surface area (Å²) in [5.74, 6) is 0.256. The van der Waals surface area contributed by atoms with E-state index in [1.807, 2.05) is 6.07 Å². The lowest BCUT2D eigenvalue weighted by Gasteiger charge is -2.15. The van der Waals surface area contributed by atoms with E-state index in [9.17, 15) is 4.79 Å². The van der Waals surface area contributed by atoms with E-state index < -0.39 is 0 Å². The van der Waals surface area contributed by atoms with Crippen LogP contribution in [0.4, 0.5) is 11.4 Å². The van der Waals surface area contributed by atoms with Crippen LogP contribution >= 0.6 is 0 Å². The van der Waals surface area contributed by atoms with E-state index in [1.54, 1.807) is 12.1 Å². The zero-order valence-electron chi connectivity index (χ0n) is 11.5. The number of ether oxygens (including phenoxy) is 1. The van der Waals surface area contributed by atoms with Crippen molar-refractivity contribution in [2.75, 3.05) is 44.8 Å². The molecule has 0 bridgehead atoms. The molecular formula is C14H21N3O2. The summed E-state index contributed by atoms with van der Waals surface area (Å²) < 4.78 is 4.78. The molecular weight excluding hydrogens is 242 g/mol. The monoisotopic (exact) mass is 263 g/mol. The first kappa shape index (κ1) is 13.7. The lowest BCUT2D eigenvalue weighted by Crippen LogP contribution is -2.20. The molecule has 104 valence electrons. The van der Waals surface area contributed by atoms with Crippen LogP contribution in [0.25, 0.3) is 0 Å². The zero-order chi connectivity index (χ0) is 13.8. The van der Waals surface area contributed by atoms with Crippen molar-refractivity contribution >= 4 is 17.3 Å². The maximum absolute atomic E-state index is 11.7. The Morgan fingerprint density at radius 2 is 2.37 bits per heavy atom. The van der Waals surface area contributed by atoms with Crippen LogP contribution in [0, 0.1) is 5.92 Å². The second-order valence-corrected chi connectivity index (χ2v) is 5.09. The molecule has 5 heteroatoms. The number of nitrogens with one attached hydrogen (secondary N) is 1. The lowest BCUT2D eigenvalue weighted by molar-refractivity contribution is 0.0602. The van der Waals surface area contributed by atoms with Crippen LogP contribution < -0.4 is 11.1 Å². The number of carbonyl (C=O) groups excluding carboxylic acids is 1. The number of benzene rings is 1. The number of esters is 1. The van der Waals surface area contributed by atoms with E-state index in [0.29, 0.717) is 17.2 Å². The normalized spacial score (nSPS) is 19.4. The molecule has 1 unspecified atom stereocenters. The molecule has 5 nitrogen and oxygen atoms in total. The Bertz CT molecular complexity index is 462. The number of rotatable bonds is 4. The summed E-state index contributed by atoms with van der Waals surface area (Å²) in [4.78, 5) is 14.0. The highest BCUT2D eigenvalue weighted by atomic mass is 16.5. The number of hydrogen-bond donors (Lipinski definition) is 2. The number of nitrogen functional groups attached to an aromatic ring is 1. The molecule has 3 N–H and O–H groups in total. The topological polar surface area (TPSA) is 67.6 Å². The third kappa shape index (κ3) is 3.38. The van der Waals surface area contributed by atoms with Gasteiger partial charge in [0.2, 0.25) is 0 Å². The van der Waals surface area contributed by atoms with Gasteiger partial charge in [0.1, 0.15) is 0 Å². The molecule has 2 rings (SSSR count). The van der Waals surface area contributed by atoms with Gasteiger partial charge in [-0.2, -0.15) is 0 Å². The molecule has 1 aliphatic heterocycles. The van der Waals surface area contributed by atoms with Gasteiger partial charge in [0.25, 0.3) is 0 Å². The number of anilines is 2. The van der Waals surface area contributed by atoms with Gasteiger partial charge in [-0.1, -0.05) is 0 Å². The summed E-state index contributed by atoms with van der Waals surface area (Å²) in [6, 6.07) is 5.27. The van der Waals surface area contributed by atoms with Crippen LogP contribution in [0.5, 0.6) is 0 Å². The van der Waals surface area contributed by atoms with Gasteiger partial charge in [0, 0.05) is 24.5 Å². The summed E-state index contributed by atoms with van der Waals surface area (Å²) >= 11 is 0. The number of nitrogens with two attached hydrogens (primary N) is 1. The van der Waals surface area contributed by atoms with Crippen LogP contribution in [-0.2, 0) is 4.74 Å². The first-order valence-corrected chi connectivity index (χ1v) is 6.50. The number of likely N-dealkylation sites (tertiary alicyclic amines) is 1. The Labute approximate surface area is 113 Å². The molecule has 0 amide bonds. The summed E-state index contributed by atoms with van der Waals surface area (Å²) in [5, 5.41) is 3.34. The minimum absolute atomic E-state index is 0.363. The van der Waals surface area contributed by atoms with Crippen LogP contribution in [0.15, 0.2) is 18.2 Å². The van der Waals surface area contributed by atoms with Crippen LogP contribution in [0.2, 0.25) is 0 Å².